The summed E-state index contributed by atoms with van der Waals surface area (Å²) in [7, 11) is 0. The molecule has 85 heavy (non-hydrogen) atoms. The van der Waals surface area contributed by atoms with Gasteiger partial charge in [0.1, 0.15) is 0 Å². The van der Waals surface area contributed by atoms with E-state index in [9.17, 15) is 0 Å². The number of anilines is 9. The molecule has 0 fully saturated rings. The molecule has 404 valence electrons. The number of nitrogens with one attached hydrogen (secondary N) is 3. The van der Waals surface area contributed by atoms with Gasteiger partial charge in [-0.15, -0.1) is 0 Å². The number of hydrogen-bond donors (Lipinski definition) is 3. The Morgan fingerprint density at radius 2 is 0.471 bits per heavy atom. The van der Waals surface area contributed by atoms with Crippen LogP contribution in [0.5, 0.6) is 0 Å². The van der Waals surface area contributed by atoms with E-state index in [-0.39, 0.29) is 0 Å². The lowest BCUT2D eigenvalue weighted by atomic mass is 9.90. The predicted octanol–water partition coefficient (Wildman–Crippen LogP) is 23.2. The molecule has 0 amide bonds. The Balaban J connectivity index is 0.787. The molecule has 15 aromatic carbocycles. The van der Waals surface area contributed by atoms with E-state index in [1.54, 1.807) is 0 Å². The fourth-order valence-corrected chi connectivity index (χ4v) is 13.2. The lowest BCUT2D eigenvalue weighted by Gasteiger charge is -2.26. The number of fused-ring (bicyclic) bond motifs is 9. The summed E-state index contributed by atoms with van der Waals surface area (Å²) in [6.07, 6.45) is 0. The minimum absolute atomic E-state index is 1.00. The van der Waals surface area contributed by atoms with Crippen molar-refractivity contribution >= 4 is 116 Å². The number of aryl methyl sites for hydroxylation is 3. The number of benzene rings is 15. The summed E-state index contributed by atoms with van der Waals surface area (Å²) in [6, 6.07) is 106. The van der Waals surface area contributed by atoms with Crippen molar-refractivity contribution in [2.24, 2.45) is 0 Å². The van der Waals surface area contributed by atoms with Crippen molar-refractivity contribution in [3.8, 4) is 33.4 Å². The molecule has 0 saturated carbocycles. The molecule has 4 heteroatoms. The van der Waals surface area contributed by atoms with Crippen LogP contribution in [-0.4, -0.2) is 0 Å². The number of hydrogen-bond acceptors (Lipinski definition) is 4. The van der Waals surface area contributed by atoms with Crippen LogP contribution in [0.4, 0.5) is 51.2 Å². The Hall–Kier alpha value is -10.9. The van der Waals surface area contributed by atoms with Crippen LogP contribution in [-0.2, 0) is 0 Å². The average Bonchev–Trinajstić information content (AvgIpc) is 3.55. The monoisotopic (exact) mass is 1090 g/mol. The van der Waals surface area contributed by atoms with E-state index in [2.05, 4.69) is 333 Å². The highest BCUT2D eigenvalue weighted by Crippen LogP contribution is 2.46. The molecule has 0 radical (unpaired) electrons. The van der Waals surface area contributed by atoms with Crippen molar-refractivity contribution < 1.29 is 0 Å². The molecule has 0 heterocycles. The van der Waals surface area contributed by atoms with Crippen LogP contribution in [0.25, 0.3) is 98.0 Å². The Morgan fingerprint density at radius 1 is 0.224 bits per heavy atom. The highest BCUT2D eigenvalue weighted by Gasteiger charge is 2.20. The second-order valence-electron chi connectivity index (χ2n) is 22.4. The number of nitrogens with zero attached hydrogens (tertiary/aromatic N) is 1. The first-order valence-corrected chi connectivity index (χ1v) is 29.3. The zero-order valence-corrected chi connectivity index (χ0v) is 47.7. The van der Waals surface area contributed by atoms with Gasteiger partial charge in [-0.25, -0.2) is 0 Å². The topological polar surface area (TPSA) is 39.3 Å². The fraction of sp³-hybridized carbons (Fsp3) is 0.0370. The van der Waals surface area contributed by atoms with Gasteiger partial charge in [0, 0.05) is 67.9 Å². The molecule has 0 unspecified atom stereocenters. The summed E-state index contributed by atoms with van der Waals surface area (Å²) in [6.45, 7) is 6.64. The van der Waals surface area contributed by atoms with Gasteiger partial charge in [0.05, 0.1) is 0 Å². The van der Waals surface area contributed by atoms with Gasteiger partial charge in [0.15, 0.2) is 0 Å². The Kier molecular flexibility index (Phi) is 12.9. The Labute approximate surface area is 495 Å². The molecule has 0 aliphatic rings. The van der Waals surface area contributed by atoms with E-state index < -0.39 is 0 Å². The Morgan fingerprint density at radius 3 is 0.753 bits per heavy atom. The molecular weight excluding hydrogens is 1030 g/mol. The van der Waals surface area contributed by atoms with Crippen molar-refractivity contribution in [2.75, 3.05) is 20.9 Å². The SMILES string of the molecule is Cc1cccc(Nc2ccc(N(c3ccc(Nc4cccc(C)c4-c4cc5ccccc5c5ccccc45)cc3)c3ccc(Nc4cccc(C)c4-c4cc5ccccc5c5ccccc45)cc3)cc2)c1-c1cc2ccccc2c2ccccc12. The largest absolute Gasteiger partial charge is 0.355 e. The molecular formula is C81H60N4. The third-order valence-corrected chi connectivity index (χ3v) is 17.1. The summed E-state index contributed by atoms with van der Waals surface area (Å²) in [5.41, 5.74) is 20.2. The van der Waals surface area contributed by atoms with Gasteiger partial charge in [-0.3, -0.25) is 0 Å². The Bertz CT molecular complexity index is 4550. The summed E-state index contributed by atoms with van der Waals surface area (Å²) in [5.74, 6) is 0. The van der Waals surface area contributed by atoms with Gasteiger partial charge in [0.2, 0.25) is 0 Å². The zero-order valence-electron chi connectivity index (χ0n) is 47.7. The molecule has 0 aliphatic heterocycles. The van der Waals surface area contributed by atoms with E-state index in [4.69, 9.17) is 0 Å². The van der Waals surface area contributed by atoms with Gasteiger partial charge < -0.3 is 20.9 Å². The van der Waals surface area contributed by atoms with Crippen LogP contribution in [0.15, 0.2) is 291 Å². The second kappa shape index (κ2) is 21.4. The van der Waals surface area contributed by atoms with Gasteiger partial charge in [-0.1, -0.05) is 182 Å². The van der Waals surface area contributed by atoms with E-state index in [1.165, 1.54) is 115 Å². The van der Waals surface area contributed by atoms with Crippen LogP contribution >= 0.6 is 0 Å². The second-order valence-corrected chi connectivity index (χ2v) is 22.4. The zero-order chi connectivity index (χ0) is 57.0. The highest BCUT2D eigenvalue weighted by atomic mass is 15.1. The minimum Gasteiger partial charge on any atom is -0.355 e. The third kappa shape index (κ3) is 9.31. The van der Waals surface area contributed by atoms with Crippen LogP contribution in [0.2, 0.25) is 0 Å². The molecule has 0 aromatic heterocycles. The lowest BCUT2D eigenvalue weighted by Crippen LogP contribution is -2.10. The molecule has 0 saturated heterocycles. The van der Waals surface area contributed by atoms with E-state index in [0.717, 1.165) is 51.2 Å². The van der Waals surface area contributed by atoms with Crippen molar-refractivity contribution in [3.63, 3.8) is 0 Å². The van der Waals surface area contributed by atoms with Crippen molar-refractivity contribution in [2.45, 2.75) is 20.8 Å². The van der Waals surface area contributed by atoms with Crippen LogP contribution in [0.1, 0.15) is 16.7 Å². The minimum atomic E-state index is 1.00. The van der Waals surface area contributed by atoms with Gasteiger partial charge in [-0.05, 0) is 228 Å². The summed E-state index contributed by atoms with van der Waals surface area (Å²) in [5, 5.41) is 26.6. The summed E-state index contributed by atoms with van der Waals surface area (Å²) < 4.78 is 0. The van der Waals surface area contributed by atoms with Gasteiger partial charge >= 0.3 is 0 Å². The van der Waals surface area contributed by atoms with Crippen molar-refractivity contribution in [3.05, 3.63) is 308 Å². The lowest BCUT2D eigenvalue weighted by molar-refractivity contribution is 1.28. The first-order chi connectivity index (χ1) is 41.9. The highest BCUT2D eigenvalue weighted by molar-refractivity contribution is 6.18. The molecule has 0 spiro atoms. The molecule has 0 bridgehead atoms. The van der Waals surface area contributed by atoms with Gasteiger partial charge in [0.25, 0.3) is 0 Å². The van der Waals surface area contributed by atoms with Crippen LogP contribution in [0, 0.1) is 20.8 Å². The average molecular weight is 1090 g/mol. The van der Waals surface area contributed by atoms with Crippen molar-refractivity contribution in [1.82, 2.24) is 0 Å². The normalized spacial score (nSPS) is 11.5. The van der Waals surface area contributed by atoms with E-state index >= 15 is 0 Å². The maximum atomic E-state index is 3.87. The molecule has 3 N–H and O–H groups in total. The molecule has 15 aromatic rings. The quantitative estimate of drug-likeness (QED) is 0.107. The van der Waals surface area contributed by atoms with Crippen molar-refractivity contribution in [1.29, 1.82) is 0 Å². The molecule has 0 aliphatic carbocycles. The molecule has 15 rings (SSSR count). The predicted molar refractivity (Wildman–Crippen MR) is 366 cm³/mol. The molecule has 0 atom stereocenters. The first-order valence-electron chi connectivity index (χ1n) is 29.3. The smallest absolute Gasteiger partial charge is 0.0466 e. The number of rotatable bonds is 12. The van der Waals surface area contributed by atoms with Crippen LogP contribution < -0.4 is 20.9 Å². The summed E-state index contributed by atoms with van der Waals surface area (Å²) >= 11 is 0. The standard InChI is InChI=1S/C81H60N4/c1-52-19-16-34-76(79(52)73-49-55-22-4-7-25-64(55)67-28-10-13-31-70(67)73)82-58-37-43-61(44-38-58)85(62-45-39-59(40-46-62)83-77-35-17-20-53(2)80(77)74-50-56-23-5-8-26-65(56)68-29-11-14-32-71(68)74)63-47-41-60(42-48-63)84-78-36-18-21-54(3)81(78)75-51-57-24-6-9-27-66(57)69-30-12-15-33-72(69)75/h4-51,82-84H,1-3H3. The maximum absolute atomic E-state index is 3.87. The van der Waals surface area contributed by atoms with Crippen LogP contribution in [0.3, 0.4) is 0 Å². The van der Waals surface area contributed by atoms with E-state index in [1.807, 2.05) is 0 Å². The van der Waals surface area contributed by atoms with E-state index in [0.29, 0.717) is 0 Å². The first kappa shape index (κ1) is 51.0. The fourth-order valence-electron chi connectivity index (χ4n) is 13.2. The van der Waals surface area contributed by atoms with Gasteiger partial charge in [-0.2, -0.15) is 0 Å². The maximum Gasteiger partial charge on any atom is 0.0466 e. The molecule has 4 nitrogen and oxygen atoms in total. The third-order valence-electron chi connectivity index (χ3n) is 17.1. The summed E-state index contributed by atoms with van der Waals surface area (Å²) in [4.78, 5) is 2.34.